The minimum atomic E-state index is -0.0215. The van der Waals surface area contributed by atoms with Crippen molar-refractivity contribution in [1.29, 1.82) is 0 Å². The second kappa shape index (κ2) is 5.46. The minimum absolute atomic E-state index is 0.0215. The first-order valence-electron chi connectivity index (χ1n) is 5.50. The monoisotopic (exact) mass is 229 g/mol. The van der Waals surface area contributed by atoms with Crippen LogP contribution in [0.2, 0.25) is 0 Å². The van der Waals surface area contributed by atoms with E-state index in [1.54, 1.807) is 13.3 Å². The standard InChI is InChI=1S/C14H15NO2/c1-17-13-6-4-11(5-7-13)9-12-3-2-8-15-14(12)10-16/h2-8,16H,9-10H2,1H3. The summed E-state index contributed by atoms with van der Waals surface area (Å²) in [5, 5.41) is 9.20. The topological polar surface area (TPSA) is 42.4 Å². The van der Waals surface area contributed by atoms with Crippen LogP contribution in [0.1, 0.15) is 16.8 Å². The largest absolute Gasteiger partial charge is 0.497 e. The highest BCUT2D eigenvalue weighted by Gasteiger charge is 2.03. The van der Waals surface area contributed by atoms with Crippen LogP contribution in [0.15, 0.2) is 42.6 Å². The molecule has 1 aromatic heterocycles. The Morgan fingerprint density at radius 3 is 2.59 bits per heavy atom. The third-order valence-electron chi connectivity index (χ3n) is 2.69. The summed E-state index contributed by atoms with van der Waals surface area (Å²) >= 11 is 0. The van der Waals surface area contributed by atoms with E-state index in [4.69, 9.17) is 4.74 Å². The van der Waals surface area contributed by atoms with Gasteiger partial charge in [-0.3, -0.25) is 4.98 Å². The number of hydrogen-bond acceptors (Lipinski definition) is 3. The van der Waals surface area contributed by atoms with Crippen molar-refractivity contribution in [3.63, 3.8) is 0 Å². The molecule has 2 rings (SSSR count). The molecule has 1 heterocycles. The molecule has 1 N–H and O–H groups in total. The second-order valence-corrected chi connectivity index (χ2v) is 3.79. The number of rotatable bonds is 4. The van der Waals surface area contributed by atoms with Crippen LogP contribution in [0.25, 0.3) is 0 Å². The average Bonchev–Trinajstić information content (AvgIpc) is 2.40. The number of benzene rings is 1. The van der Waals surface area contributed by atoms with E-state index in [-0.39, 0.29) is 6.61 Å². The van der Waals surface area contributed by atoms with Crippen molar-refractivity contribution in [2.75, 3.05) is 7.11 Å². The molecule has 0 aliphatic carbocycles. The van der Waals surface area contributed by atoms with Gasteiger partial charge in [-0.05, 0) is 35.7 Å². The Hall–Kier alpha value is -1.87. The number of methoxy groups -OCH3 is 1. The first-order chi connectivity index (χ1) is 8.33. The molecular formula is C14H15NO2. The van der Waals surface area contributed by atoms with Gasteiger partial charge in [-0.25, -0.2) is 0 Å². The first-order valence-corrected chi connectivity index (χ1v) is 5.50. The number of aliphatic hydroxyl groups is 1. The van der Waals surface area contributed by atoms with Gasteiger partial charge in [-0.2, -0.15) is 0 Å². The van der Waals surface area contributed by atoms with E-state index < -0.39 is 0 Å². The summed E-state index contributed by atoms with van der Waals surface area (Å²) in [6, 6.07) is 11.8. The van der Waals surface area contributed by atoms with Gasteiger partial charge in [0, 0.05) is 6.20 Å². The Balaban J connectivity index is 2.19. The molecule has 17 heavy (non-hydrogen) atoms. The molecular weight excluding hydrogens is 214 g/mol. The Bertz CT molecular complexity index is 480. The summed E-state index contributed by atoms with van der Waals surface area (Å²) in [7, 11) is 1.65. The van der Waals surface area contributed by atoms with Crippen molar-refractivity contribution >= 4 is 0 Å². The Morgan fingerprint density at radius 2 is 1.94 bits per heavy atom. The number of aliphatic hydroxyl groups excluding tert-OH is 1. The zero-order chi connectivity index (χ0) is 12.1. The number of ether oxygens (including phenoxy) is 1. The van der Waals surface area contributed by atoms with Crippen LogP contribution in [0.5, 0.6) is 5.75 Å². The lowest BCUT2D eigenvalue weighted by Gasteiger charge is -2.07. The third-order valence-corrected chi connectivity index (χ3v) is 2.69. The van der Waals surface area contributed by atoms with E-state index in [2.05, 4.69) is 4.98 Å². The Kier molecular flexibility index (Phi) is 3.73. The van der Waals surface area contributed by atoms with Gasteiger partial charge < -0.3 is 9.84 Å². The summed E-state index contributed by atoms with van der Waals surface area (Å²) in [4.78, 5) is 4.15. The molecule has 0 saturated carbocycles. The van der Waals surface area contributed by atoms with Crippen LogP contribution in [-0.4, -0.2) is 17.2 Å². The number of pyridine rings is 1. The maximum atomic E-state index is 9.20. The van der Waals surface area contributed by atoms with E-state index in [0.29, 0.717) is 0 Å². The number of hydrogen-bond donors (Lipinski definition) is 1. The molecule has 0 radical (unpaired) electrons. The molecule has 0 aliphatic rings. The van der Waals surface area contributed by atoms with Crippen molar-refractivity contribution < 1.29 is 9.84 Å². The van der Waals surface area contributed by atoms with E-state index in [0.717, 1.165) is 23.4 Å². The molecule has 0 fully saturated rings. The van der Waals surface area contributed by atoms with Gasteiger partial charge in [0.2, 0.25) is 0 Å². The van der Waals surface area contributed by atoms with Crippen molar-refractivity contribution in [3.8, 4) is 5.75 Å². The SMILES string of the molecule is COc1ccc(Cc2cccnc2CO)cc1. The van der Waals surface area contributed by atoms with E-state index in [1.165, 1.54) is 5.56 Å². The van der Waals surface area contributed by atoms with Gasteiger partial charge in [0.25, 0.3) is 0 Å². The fraction of sp³-hybridized carbons (Fsp3) is 0.214. The van der Waals surface area contributed by atoms with Crippen molar-refractivity contribution in [3.05, 3.63) is 59.4 Å². The lowest BCUT2D eigenvalue weighted by atomic mass is 10.0. The maximum Gasteiger partial charge on any atom is 0.118 e. The van der Waals surface area contributed by atoms with E-state index in [9.17, 15) is 5.11 Å². The van der Waals surface area contributed by atoms with Gasteiger partial charge in [0.15, 0.2) is 0 Å². The van der Waals surface area contributed by atoms with Crippen LogP contribution in [0, 0.1) is 0 Å². The van der Waals surface area contributed by atoms with Crippen LogP contribution in [-0.2, 0) is 13.0 Å². The van der Waals surface area contributed by atoms with Crippen LogP contribution < -0.4 is 4.74 Å². The molecule has 3 nitrogen and oxygen atoms in total. The average molecular weight is 229 g/mol. The fourth-order valence-electron chi connectivity index (χ4n) is 1.74. The van der Waals surface area contributed by atoms with Crippen LogP contribution in [0.3, 0.4) is 0 Å². The van der Waals surface area contributed by atoms with Crippen LogP contribution >= 0.6 is 0 Å². The summed E-state index contributed by atoms with van der Waals surface area (Å²) in [6.07, 6.45) is 2.47. The predicted molar refractivity (Wildman–Crippen MR) is 66.0 cm³/mol. The molecule has 0 amide bonds. The van der Waals surface area contributed by atoms with Crippen molar-refractivity contribution in [2.24, 2.45) is 0 Å². The highest BCUT2D eigenvalue weighted by atomic mass is 16.5. The van der Waals surface area contributed by atoms with Crippen molar-refractivity contribution in [2.45, 2.75) is 13.0 Å². The zero-order valence-corrected chi connectivity index (χ0v) is 9.76. The van der Waals surface area contributed by atoms with Gasteiger partial charge in [-0.15, -0.1) is 0 Å². The predicted octanol–water partition coefficient (Wildman–Crippen LogP) is 2.17. The molecule has 1 aromatic carbocycles. The molecule has 0 aliphatic heterocycles. The summed E-state index contributed by atoms with van der Waals surface area (Å²) < 4.78 is 5.11. The molecule has 0 bridgehead atoms. The smallest absolute Gasteiger partial charge is 0.118 e. The molecule has 3 heteroatoms. The maximum absolute atomic E-state index is 9.20. The van der Waals surface area contributed by atoms with Gasteiger partial charge >= 0.3 is 0 Å². The molecule has 2 aromatic rings. The normalized spacial score (nSPS) is 10.2. The van der Waals surface area contributed by atoms with Crippen LogP contribution in [0.4, 0.5) is 0 Å². The quantitative estimate of drug-likeness (QED) is 0.873. The summed E-state index contributed by atoms with van der Waals surface area (Å²) in [6.45, 7) is -0.0215. The van der Waals surface area contributed by atoms with Crippen molar-refractivity contribution in [1.82, 2.24) is 4.98 Å². The molecule has 0 spiro atoms. The van der Waals surface area contributed by atoms with E-state index >= 15 is 0 Å². The van der Waals surface area contributed by atoms with Gasteiger partial charge in [0.1, 0.15) is 5.75 Å². The second-order valence-electron chi connectivity index (χ2n) is 3.79. The lowest BCUT2D eigenvalue weighted by Crippen LogP contribution is -1.98. The zero-order valence-electron chi connectivity index (χ0n) is 9.76. The Morgan fingerprint density at radius 1 is 1.18 bits per heavy atom. The molecule has 0 unspecified atom stereocenters. The highest BCUT2D eigenvalue weighted by molar-refractivity contribution is 5.32. The minimum Gasteiger partial charge on any atom is -0.497 e. The highest BCUT2D eigenvalue weighted by Crippen LogP contribution is 2.16. The first kappa shape index (κ1) is 11.6. The molecule has 0 atom stereocenters. The lowest BCUT2D eigenvalue weighted by molar-refractivity contribution is 0.275. The van der Waals surface area contributed by atoms with Gasteiger partial charge in [0.05, 0.1) is 19.4 Å². The Labute approximate surface area is 101 Å². The summed E-state index contributed by atoms with van der Waals surface area (Å²) in [5.41, 5.74) is 2.97. The molecule has 88 valence electrons. The van der Waals surface area contributed by atoms with Gasteiger partial charge in [-0.1, -0.05) is 18.2 Å². The van der Waals surface area contributed by atoms with E-state index in [1.807, 2.05) is 36.4 Å². The number of aromatic nitrogens is 1. The number of nitrogens with zero attached hydrogens (tertiary/aromatic N) is 1. The molecule has 0 saturated heterocycles. The fourth-order valence-corrected chi connectivity index (χ4v) is 1.74. The third kappa shape index (κ3) is 2.82. The summed E-state index contributed by atoms with van der Waals surface area (Å²) in [5.74, 6) is 0.849.